The third-order valence-corrected chi connectivity index (χ3v) is 16.1. The number of hydrogen-bond acceptors (Lipinski definition) is 11. The zero-order chi connectivity index (χ0) is 59.4. The Labute approximate surface area is 488 Å². The van der Waals surface area contributed by atoms with Crippen molar-refractivity contribution in [1.82, 2.24) is 61.4 Å². The fourth-order valence-electron chi connectivity index (χ4n) is 11.5. The Morgan fingerprint density at radius 1 is 0.476 bits per heavy atom. The Kier molecular flexibility index (Phi) is 19.4. The summed E-state index contributed by atoms with van der Waals surface area (Å²) in [5.41, 5.74) is 3.20. The lowest BCUT2D eigenvalue weighted by atomic mass is 9.99. The molecule has 0 unspecified atom stereocenters. The van der Waals surface area contributed by atoms with Gasteiger partial charge >= 0.3 is 0 Å². The van der Waals surface area contributed by atoms with Crippen molar-refractivity contribution in [2.45, 2.75) is 140 Å². The van der Waals surface area contributed by atoms with Gasteiger partial charge in [-0.25, -0.2) is 0 Å². The van der Waals surface area contributed by atoms with Crippen molar-refractivity contribution in [1.29, 1.82) is 0 Å². The van der Waals surface area contributed by atoms with Crippen molar-refractivity contribution in [3.63, 3.8) is 0 Å². The van der Waals surface area contributed by atoms with Crippen molar-refractivity contribution < 1.29 is 43.2 Å². The van der Waals surface area contributed by atoms with Crippen molar-refractivity contribution in [2.24, 2.45) is 5.92 Å². The van der Waals surface area contributed by atoms with E-state index in [1.807, 2.05) is 97.1 Å². The minimum Gasteiger partial charge on any atom is -0.343 e. The molecule has 0 spiro atoms. The highest BCUT2D eigenvalue weighted by atomic mass is 16.2. The first kappa shape index (κ1) is 59.6. The van der Waals surface area contributed by atoms with Crippen LogP contribution >= 0.6 is 0 Å². The summed E-state index contributed by atoms with van der Waals surface area (Å²) < 4.78 is 1.48. The number of amides is 9. The Bertz CT molecular complexity index is 3210. The van der Waals surface area contributed by atoms with E-state index in [2.05, 4.69) is 42.1 Å². The number of nitrogens with one attached hydrogen (secondary N) is 6. The molecule has 440 valence electrons. The monoisotopic (exact) mass is 1140 g/mol. The minimum absolute atomic E-state index is 0.0167. The Balaban J connectivity index is 1.07. The zero-order valence-corrected chi connectivity index (χ0v) is 47.8. The smallest absolute Gasteiger partial charge is 0.249 e. The van der Waals surface area contributed by atoms with E-state index in [4.69, 9.17) is 0 Å². The maximum atomic E-state index is 15.1. The second-order valence-corrected chi connectivity index (χ2v) is 22.4. The van der Waals surface area contributed by atoms with E-state index in [9.17, 15) is 38.4 Å². The number of fused-ring (bicyclic) bond motifs is 5. The van der Waals surface area contributed by atoms with E-state index in [1.54, 1.807) is 51.1 Å². The van der Waals surface area contributed by atoms with Crippen LogP contribution in [-0.2, 0) is 68.8 Å². The van der Waals surface area contributed by atoms with E-state index < -0.39 is 113 Å². The summed E-state index contributed by atoms with van der Waals surface area (Å²) in [6, 6.07) is 26.0. The van der Waals surface area contributed by atoms with Crippen LogP contribution < -0.4 is 31.9 Å². The zero-order valence-electron chi connectivity index (χ0n) is 47.8. The van der Waals surface area contributed by atoms with Crippen molar-refractivity contribution in [2.75, 3.05) is 19.6 Å². The molecule has 0 radical (unpaired) electrons. The molecule has 0 aliphatic carbocycles. The van der Waals surface area contributed by atoms with Gasteiger partial charge in [0.2, 0.25) is 53.2 Å². The number of hydrogen-bond donors (Lipinski definition) is 6. The molecule has 0 bridgehead atoms. The van der Waals surface area contributed by atoms with Gasteiger partial charge in [-0.1, -0.05) is 141 Å². The van der Waals surface area contributed by atoms with Crippen LogP contribution in [0, 0.1) is 5.92 Å². The second kappa shape index (κ2) is 27.4. The number of carbonyl (C=O) groups excluding carboxylic acids is 9. The molecule has 9 amide bonds. The van der Waals surface area contributed by atoms with Crippen molar-refractivity contribution in [3.05, 3.63) is 162 Å². The summed E-state index contributed by atoms with van der Waals surface area (Å²) in [5, 5.41) is 25.8. The SMILES string of the molecule is CC(C)[C@@H]1NC(=O)[C@H](Cc2ccccc2)NC(=O)[C@H](Cc2ccccc2)NC(=O)[C@@H]2CCCN2C(=O)[C@@H]2CCCN2C(=O)[C@H](Cc2ccccc2)NC(=O)[C@H](Cc2ccccc2)NC(=O)[C@H](C)NC(=O)[C@H](C)n2cnnc2C2=CCCN2C1=O. The largest absolute Gasteiger partial charge is 0.343 e. The van der Waals surface area contributed by atoms with Gasteiger partial charge in [0, 0.05) is 45.3 Å². The van der Waals surface area contributed by atoms with E-state index in [0.29, 0.717) is 41.6 Å². The summed E-state index contributed by atoms with van der Waals surface area (Å²) >= 11 is 0. The van der Waals surface area contributed by atoms with E-state index in [-0.39, 0.29) is 64.0 Å². The van der Waals surface area contributed by atoms with Crippen LogP contribution in [0.5, 0.6) is 0 Å². The van der Waals surface area contributed by atoms with Crippen LogP contribution in [0.2, 0.25) is 0 Å². The molecule has 21 nitrogen and oxygen atoms in total. The Morgan fingerprint density at radius 3 is 1.43 bits per heavy atom. The molecule has 9 rings (SSSR count). The quantitative estimate of drug-likeness (QED) is 0.125. The fraction of sp³-hybridized carbons (Fsp3) is 0.413. The molecule has 5 heterocycles. The molecule has 2 fully saturated rings. The number of benzene rings is 4. The summed E-state index contributed by atoms with van der Waals surface area (Å²) in [7, 11) is 0. The maximum absolute atomic E-state index is 15.1. The second-order valence-electron chi connectivity index (χ2n) is 22.4. The first-order valence-electron chi connectivity index (χ1n) is 29.0. The molecule has 21 heteroatoms. The van der Waals surface area contributed by atoms with Gasteiger partial charge in [0.05, 0.1) is 5.70 Å². The minimum atomic E-state index is -1.24. The molecule has 4 aliphatic heterocycles. The Morgan fingerprint density at radius 2 is 0.917 bits per heavy atom. The summed E-state index contributed by atoms with van der Waals surface area (Å²) in [6.45, 7) is 7.25. The fourth-order valence-corrected chi connectivity index (χ4v) is 11.5. The number of aromatic nitrogens is 3. The normalized spacial score (nSPS) is 25.5. The average molecular weight is 1140 g/mol. The number of rotatable bonds is 9. The molecule has 0 saturated carbocycles. The molecule has 84 heavy (non-hydrogen) atoms. The average Bonchev–Trinajstić information content (AvgIpc) is 3.09. The predicted molar refractivity (Wildman–Crippen MR) is 311 cm³/mol. The summed E-state index contributed by atoms with van der Waals surface area (Å²) in [6.07, 6.45) is 5.14. The topological polar surface area (TPSA) is 266 Å². The van der Waals surface area contributed by atoms with Crippen LogP contribution in [0.1, 0.15) is 93.9 Å². The van der Waals surface area contributed by atoms with Crippen molar-refractivity contribution in [3.8, 4) is 0 Å². The molecular weight excluding hydrogens is 1070 g/mol. The molecule has 9 atom stereocenters. The van der Waals surface area contributed by atoms with Crippen LogP contribution in [0.4, 0.5) is 0 Å². The first-order valence-corrected chi connectivity index (χ1v) is 29.0. The lowest BCUT2D eigenvalue weighted by molar-refractivity contribution is -0.148. The van der Waals surface area contributed by atoms with Crippen LogP contribution in [-0.4, -0.2) is 151 Å². The molecule has 4 aliphatic rings. The van der Waals surface area contributed by atoms with Crippen LogP contribution in [0.15, 0.2) is 134 Å². The summed E-state index contributed by atoms with van der Waals surface area (Å²) in [4.78, 5) is 137. The van der Waals surface area contributed by atoms with E-state index in [1.165, 1.54) is 32.5 Å². The number of nitrogens with zero attached hydrogens (tertiary/aromatic N) is 6. The molecule has 1 aromatic heterocycles. The molecule has 6 N–H and O–H groups in total. The van der Waals surface area contributed by atoms with E-state index in [0.717, 1.165) is 5.56 Å². The first-order chi connectivity index (χ1) is 40.5. The van der Waals surface area contributed by atoms with Crippen molar-refractivity contribution >= 4 is 58.9 Å². The highest BCUT2D eigenvalue weighted by Crippen LogP contribution is 2.29. The Hall–Kier alpha value is -9.01. The highest BCUT2D eigenvalue weighted by molar-refractivity contribution is 6.00. The third-order valence-electron chi connectivity index (χ3n) is 16.1. The van der Waals surface area contributed by atoms with Gasteiger partial charge in [-0.2, -0.15) is 0 Å². The van der Waals surface area contributed by atoms with E-state index >= 15 is 4.79 Å². The predicted octanol–water partition coefficient (Wildman–Crippen LogP) is 2.96. The maximum Gasteiger partial charge on any atom is 0.249 e. The van der Waals surface area contributed by atoms with Gasteiger partial charge in [-0.3, -0.25) is 47.7 Å². The van der Waals surface area contributed by atoms with Gasteiger partial charge in [0.25, 0.3) is 0 Å². The molecule has 4 aromatic carbocycles. The van der Waals surface area contributed by atoms with Crippen LogP contribution in [0.25, 0.3) is 5.70 Å². The highest BCUT2D eigenvalue weighted by Gasteiger charge is 2.45. The lowest BCUT2D eigenvalue weighted by Crippen LogP contribution is -2.61. The van der Waals surface area contributed by atoms with Crippen LogP contribution in [0.3, 0.4) is 0 Å². The van der Waals surface area contributed by atoms with Gasteiger partial charge in [-0.05, 0) is 74.1 Å². The van der Waals surface area contributed by atoms with Gasteiger partial charge < -0.3 is 46.6 Å². The number of carbonyl (C=O) groups is 9. The molecule has 2 saturated heterocycles. The lowest BCUT2D eigenvalue weighted by Gasteiger charge is -2.34. The summed E-state index contributed by atoms with van der Waals surface area (Å²) in [5.74, 6) is -5.61. The molecular formula is C63H74N12O9. The van der Waals surface area contributed by atoms with Gasteiger partial charge in [0.15, 0.2) is 5.82 Å². The molecule has 5 aromatic rings. The standard InChI is InChI=1S/C63H74N12O9/c1-39(2)53-63(84)72-31-17-28-50(72)54-71-64-38-75(54)41(4)56(77)65-40(3)55(76)66-46(34-42-20-9-5-10-21-42)58(79)69-49(37-45-26-15-8-16-27-45)61(82)74-33-19-30-52(74)62(83)73-32-18-29-51(73)60(81)68-47(35-43-22-11-6-12-23-43)57(78)67-48(59(80)70-53)36-44-24-13-7-14-25-44/h5-16,20-28,38-41,46-49,51-53H,17-19,29-37H2,1-4H3,(H,65,77)(H,66,76)(H,67,78)(H,68,81)(H,69,79)(H,70,80)/t40-,41-,46-,47-,48-,49-,51-,52-,53-/m0/s1. The van der Waals surface area contributed by atoms with Gasteiger partial charge in [-0.15, -0.1) is 10.2 Å². The van der Waals surface area contributed by atoms with Gasteiger partial charge in [0.1, 0.15) is 60.7 Å². The third kappa shape index (κ3) is 14.2.